The van der Waals surface area contributed by atoms with E-state index in [1.807, 2.05) is 0 Å². The van der Waals surface area contributed by atoms with Crippen molar-refractivity contribution >= 4 is 17.9 Å². The summed E-state index contributed by atoms with van der Waals surface area (Å²) in [6, 6.07) is 0. The largest absolute Gasteiger partial charge is 0.462 e. The monoisotopic (exact) mass is 1140 g/mol. The van der Waals surface area contributed by atoms with Gasteiger partial charge in [-0.2, -0.15) is 0 Å². The molecule has 0 aliphatic rings. The van der Waals surface area contributed by atoms with E-state index in [9.17, 15) is 14.4 Å². The average Bonchev–Trinajstić information content (AvgIpc) is 3.47. The van der Waals surface area contributed by atoms with Gasteiger partial charge in [-0.1, -0.05) is 339 Å². The van der Waals surface area contributed by atoms with Crippen LogP contribution in [0, 0.1) is 0 Å². The standard InChI is InChI=1S/C75H138O6/c1-4-7-10-13-16-19-22-25-28-31-34-36-38-40-41-44-47-50-53-56-59-62-65-68-74(77)80-71-72(70-79-73(76)67-64-61-58-55-52-49-46-43-33-30-27-24-21-18-15-12-9-6-3)81-75(78)69-66-63-60-57-54-51-48-45-42-39-37-35-32-29-26-23-20-17-14-11-8-5-2/h22,25,30-31,33-34,38,40,72H,4-21,23-24,26-29,32,35-37,39,41-71H2,1-3H3/b25-22-,33-30-,34-31-,40-38-. The molecule has 0 aromatic carbocycles. The fraction of sp³-hybridized carbons (Fsp3) is 0.853. The summed E-state index contributed by atoms with van der Waals surface area (Å²) in [5.41, 5.74) is 0. The molecular weight excluding hydrogens is 997 g/mol. The molecule has 0 rings (SSSR count). The lowest BCUT2D eigenvalue weighted by Crippen LogP contribution is -2.30. The third kappa shape index (κ3) is 68.0. The molecule has 1 unspecified atom stereocenters. The van der Waals surface area contributed by atoms with Crippen LogP contribution in [0.2, 0.25) is 0 Å². The first kappa shape index (κ1) is 78.4. The van der Waals surface area contributed by atoms with E-state index in [1.165, 1.54) is 276 Å². The Balaban J connectivity index is 4.34. The number of ether oxygens (including phenoxy) is 3. The van der Waals surface area contributed by atoms with Gasteiger partial charge in [-0.05, 0) is 83.5 Å². The topological polar surface area (TPSA) is 78.9 Å². The summed E-state index contributed by atoms with van der Waals surface area (Å²) in [6.07, 6.45) is 88.5. The number of carbonyl (C=O) groups is 3. The maximum absolute atomic E-state index is 13.0. The first-order valence-electron chi connectivity index (χ1n) is 36.1. The van der Waals surface area contributed by atoms with E-state index in [1.54, 1.807) is 0 Å². The Labute approximate surface area is 505 Å². The normalized spacial score (nSPS) is 12.3. The number of hydrogen-bond acceptors (Lipinski definition) is 6. The van der Waals surface area contributed by atoms with Crippen molar-refractivity contribution in [1.82, 2.24) is 0 Å². The quantitative estimate of drug-likeness (QED) is 0.0261. The highest BCUT2D eigenvalue weighted by Gasteiger charge is 2.19. The Morgan fingerprint density at radius 1 is 0.247 bits per heavy atom. The fourth-order valence-corrected chi connectivity index (χ4v) is 10.9. The Hall–Kier alpha value is -2.63. The van der Waals surface area contributed by atoms with Crippen LogP contribution < -0.4 is 0 Å². The molecule has 0 spiro atoms. The van der Waals surface area contributed by atoms with E-state index >= 15 is 0 Å². The van der Waals surface area contributed by atoms with Crippen molar-refractivity contribution in [3.05, 3.63) is 48.6 Å². The third-order valence-corrected chi connectivity index (χ3v) is 16.3. The van der Waals surface area contributed by atoms with Gasteiger partial charge in [0.05, 0.1) is 0 Å². The fourth-order valence-electron chi connectivity index (χ4n) is 10.9. The molecule has 0 amide bonds. The van der Waals surface area contributed by atoms with Crippen LogP contribution in [0.4, 0.5) is 0 Å². The van der Waals surface area contributed by atoms with Crippen molar-refractivity contribution in [3.8, 4) is 0 Å². The highest BCUT2D eigenvalue weighted by molar-refractivity contribution is 5.71. The van der Waals surface area contributed by atoms with E-state index in [0.29, 0.717) is 19.3 Å². The average molecular weight is 1140 g/mol. The van der Waals surface area contributed by atoms with Gasteiger partial charge in [-0.3, -0.25) is 14.4 Å². The Kier molecular flexibility index (Phi) is 67.6. The number of carbonyl (C=O) groups excluding carboxylic acids is 3. The maximum Gasteiger partial charge on any atom is 0.306 e. The molecule has 0 aliphatic carbocycles. The van der Waals surface area contributed by atoms with Crippen LogP contribution in [0.15, 0.2) is 48.6 Å². The summed E-state index contributed by atoms with van der Waals surface area (Å²) in [5.74, 6) is -0.856. The molecule has 6 nitrogen and oxygen atoms in total. The van der Waals surface area contributed by atoms with E-state index in [4.69, 9.17) is 14.2 Å². The van der Waals surface area contributed by atoms with Crippen LogP contribution in [0.1, 0.15) is 393 Å². The molecule has 0 aromatic rings. The van der Waals surface area contributed by atoms with Gasteiger partial charge in [0.15, 0.2) is 6.10 Å². The first-order valence-corrected chi connectivity index (χ1v) is 36.1. The maximum atomic E-state index is 13.0. The highest BCUT2D eigenvalue weighted by Crippen LogP contribution is 2.18. The number of allylic oxidation sites excluding steroid dienone is 8. The smallest absolute Gasteiger partial charge is 0.306 e. The third-order valence-electron chi connectivity index (χ3n) is 16.3. The Bertz CT molecular complexity index is 1400. The minimum atomic E-state index is -0.778. The van der Waals surface area contributed by atoms with E-state index in [0.717, 1.165) is 77.0 Å². The summed E-state index contributed by atoms with van der Waals surface area (Å²) >= 11 is 0. The zero-order chi connectivity index (χ0) is 58.5. The SMILES string of the molecule is CCCCCCC/C=C\C/C=C\C/C=C\CCCCCCCCCCC(=O)OCC(COC(=O)CCCCCCCCC/C=C\CCCCCCCCC)OC(=O)CCCCCCCCCCCCCCCCCCCCCCCC. The second kappa shape index (κ2) is 69.9. The first-order chi connectivity index (χ1) is 40.0. The van der Waals surface area contributed by atoms with Gasteiger partial charge in [0.25, 0.3) is 0 Å². The minimum Gasteiger partial charge on any atom is -0.462 e. The summed E-state index contributed by atoms with van der Waals surface area (Å²) in [5, 5.41) is 0. The van der Waals surface area contributed by atoms with Crippen LogP contribution in [0.25, 0.3) is 0 Å². The van der Waals surface area contributed by atoms with Gasteiger partial charge >= 0.3 is 17.9 Å². The van der Waals surface area contributed by atoms with Gasteiger partial charge in [-0.25, -0.2) is 0 Å². The van der Waals surface area contributed by atoms with Crippen molar-refractivity contribution in [3.63, 3.8) is 0 Å². The molecule has 0 bridgehead atoms. The van der Waals surface area contributed by atoms with Crippen LogP contribution >= 0.6 is 0 Å². The van der Waals surface area contributed by atoms with Gasteiger partial charge in [0.2, 0.25) is 0 Å². The lowest BCUT2D eigenvalue weighted by Gasteiger charge is -2.18. The predicted molar refractivity (Wildman–Crippen MR) is 353 cm³/mol. The Morgan fingerprint density at radius 2 is 0.444 bits per heavy atom. The van der Waals surface area contributed by atoms with E-state index in [2.05, 4.69) is 69.4 Å². The summed E-state index contributed by atoms with van der Waals surface area (Å²) in [6.45, 7) is 6.69. The summed E-state index contributed by atoms with van der Waals surface area (Å²) in [7, 11) is 0. The molecule has 0 radical (unpaired) electrons. The lowest BCUT2D eigenvalue weighted by molar-refractivity contribution is -0.167. The zero-order valence-corrected chi connectivity index (χ0v) is 54.6. The molecule has 0 fully saturated rings. The molecule has 0 N–H and O–H groups in total. The van der Waals surface area contributed by atoms with Crippen LogP contribution in [0.5, 0.6) is 0 Å². The number of hydrogen-bond donors (Lipinski definition) is 0. The van der Waals surface area contributed by atoms with Crippen molar-refractivity contribution < 1.29 is 28.6 Å². The molecule has 1 atom stereocenters. The van der Waals surface area contributed by atoms with Crippen LogP contribution in [0.3, 0.4) is 0 Å². The van der Waals surface area contributed by atoms with Gasteiger partial charge in [0, 0.05) is 19.3 Å². The minimum absolute atomic E-state index is 0.0736. The summed E-state index contributed by atoms with van der Waals surface area (Å²) in [4.78, 5) is 38.5. The number of unbranched alkanes of at least 4 members (excludes halogenated alkanes) is 48. The molecule has 0 saturated carbocycles. The molecule has 474 valence electrons. The lowest BCUT2D eigenvalue weighted by atomic mass is 10.0. The highest BCUT2D eigenvalue weighted by atomic mass is 16.6. The van der Waals surface area contributed by atoms with Crippen molar-refractivity contribution in [1.29, 1.82) is 0 Å². The Morgan fingerprint density at radius 3 is 0.704 bits per heavy atom. The van der Waals surface area contributed by atoms with Crippen LogP contribution in [-0.2, 0) is 28.6 Å². The molecule has 0 saturated heterocycles. The van der Waals surface area contributed by atoms with Crippen molar-refractivity contribution in [2.75, 3.05) is 13.2 Å². The van der Waals surface area contributed by atoms with Gasteiger partial charge in [0.1, 0.15) is 13.2 Å². The second-order valence-corrected chi connectivity index (χ2v) is 24.5. The van der Waals surface area contributed by atoms with Crippen LogP contribution in [-0.4, -0.2) is 37.2 Å². The second-order valence-electron chi connectivity index (χ2n) is 24.5. The molecule has 6 heteroatoms. The van der Waals surface area contributed by atoms with Crippen molar-refractivity contribution in [2.45, 2.75) is 399 Å². The molecular formula is C75H138O6. The van der Waals surface area contributed by atoms with Gasteiger partial charge < -0.3 is 14.2 Å². The predicted octanol–water partition coefficient (Wildman–Crippen LogP) is 24.9. The molecule has 0 aromatic heterocycles. The van der Waals surface area contributed by atoms with Crippen molar-refractivity contribution in [2.24, 2.45) is 0 Å². The number of esters is 3. The molecule has 0 aliphatic heterocycles. The van der Waals surface area contributed by atoms with E-state index in [-0.39, 0.29) is 31.1 Å². The summed E-state index contributed by atoms with van der Waals surface area (Å²) < 4.78 is 17.0. The van der Waals surface area contributed by atoms with Gasteiger partial charge in [-0.15, -0.1) is 0 Å². The van der Waals surface area contributed by atoms with E-state index < -0.39 is 6.10 Å². The zero-order valence-electron chi connectivity index (χ0n) is 54.6. The molecule has 0 heterocycles. The molecule has 81 heavy (non-hydrogen) atoms. The number of rotatable bonds is 67.